The quantitative estimate of drug-likeness (QED) is 0.720. The normalized spacial score (nSPS) is 28.6. The van der Waals surface area contributed by atoms with Crippen molar-refractivity contribution in [2.75, 3.05) is 45.2 Å². The van der Waals surface area contributed by atoms with Gasteiger partial charge in [-0.05, 0) is 38.2 Å². The van der Waals surface area contributed by atoms with Crippen LogP contribution in [0.3, 0.4) is 0 Å². The lowest BCUT2D eigenvalue weighted by Gasteiger charge is -2.22. The summed E-state index contributed by atoms with van der Waals surface area (Å²) in [6, 6.07) is 0. The maximum atomic E-state index is 3.45. The summed E-state index contributed by atoms with van der Waals surface area (Å²) in [7, 11) is 2.24. The molecule has 0 aliphatic carbocycles. The third kappa shape index (κ3) is 3.88. The van der Waals surface area contributed by atoms with Crippen LogP contribution in [0.5, 0.6) is 0 Å². The van der Waals surface area contributed by atoms with Gasteiger partial charge in [0.25, 0.3) is 0 Å². The molecule has 78 valence electrons. The Bertz CT molecular complexity index is 141. The second-order valence-corrected chi connectivity index (χ2v) is 5.14. The third-order valence-corrected chi connectivity index (χ3v) is 3.49. The standard InChI is InChI=1S/C10H22N2S/c1-9-6-11-7-10(9)8-12(2)4-5-13-3/h9-11H,4-8H2,1-3H3. The summed E-state index contributed by atoms with van der Waals surface area (Å²) in [5.74, 6) is 2.98. The maximum Gasteiger partial charge on any atom is 0.00693 e. The average Bonchev–Trinajstić information content (AvgIpc) is 2.48. The van der Waals surface area contributed by atoms with Gasteiger partial charge < -0.3 is 10.2 Å². The van der Waals surface area contributed by atoms with E-state index in [2.05, 4.69) is 30.4 Å². The topological polar surface area (TPSA) is 15.3 Å². The van der Waals surface area contributed by atoms with E-state index in [1.165, 1.54) is 31.9 Å². The van der Waals surface area contributed by atoms with Crippen molar-refractivity contribution in [3.05, 3.63) is 0 Å². The minimum atomic E-state index is 0.858. The van der Waals surface area contributed by atoms with Gasteiger partial charge in [-0.25, -0.2) is 0 Å². The Morgan fingerprint density at radius 1 is 1.46 bits per heavy atom. The van der Waals surface area contributed by atoms with Crippen molar-refractivity contribution in [1.29, 1.82) is 0 Å². The first-order chi connectivity index (χ1) is 6.24. The van der Waals surface area contributed by atoms with Crippen LogP contribution < -0.4 is 5.32 Å². The lowest BCUT2D eigenvalue weighted by atomic mass is 9.98. The van der Waals surface area contributed by atoms with E-state index in [0.717, 1.165) is 11.8 Å². The Balaban J connectivity index is 2.15. The highest BCUT2D eigenvalue weighted by Crippen LogP contribution is 2.16. The summed E-state index contributed by atoms with van der Waals surface area (Å²) in [5.41, 5.74) is 0. The molecule has 1 aliphatic heterocycles. The highest BCUT2D eigenvalue weighted by Gasteiger charge is 2.23. The smallest absolute Gasteiger partial charge is 0.00693 e. The van der Waals surface area contributed by atoms with Crippen molar-refractivity contribution in [2.24, 2.45) is 11.8 Å². The summed E-state index contributed by atoms with van der Waals surface area (Å²) in [4.78, 5) is 2.46. The Labute approximate surface area is 86.5 Å². The number of hydrogen-bond acceptors (Lipinski definition) is 3. The molecule has 3 heteroatoms. The van der Waals surface area contributed by atoms with Crippen molar-refractivity contribution in [3.63, 3.8) is 0 Å². The molecule has 0 aromatic carbocycles. The van der Waals surface area contributed by atoms with Gasteiger partial charge in [0.05, 0.1) is 0 Å². The Hall–Kier alpha value is 0.270. The van der Waals surface area contributed by atoms with Crippen LogP contribution in [0.15, 0.2) is 0 Å². The Kier molecular flexibility index (Phi) is 5.14. The first-order valence-corrected chi connectivity index (χ1v) is 6.51. The molecular formula is C10H22N2S. The molecule has 0 radical (unpaired) electrons. The van der Waals surface area contributed by atoms with E-state index in [4.69, 9.17) is 0 Å². The molecule has 2 nitrogen and oxygen atoms in total. The van der Waals surface area contributed by atoms with Crippen molar-refractivity contribution >= 4 is 11.8 Å². The van der Waals surface area contributed by atoms with Gasteiger partial charge in [-0.3, -0.25) is 0 Å². The fraction of sp³-hybridized carbons (Fsp3) is 1.00. The average molecular weight is 202 g/mol. The fourth-order valence-corrected chi connectivity index (χ4v) is 2.34. The fourth-order valence-electron chi connectivity index (χ4n) is 1.85. The van der Waals surface area contributed by atoms with E-state index in [0.29, 0.717) is 0 Å². The zero-order valence-electron chi connectivity index (χ0n) is 9.05. The van der Waals surface area contributed by atoms with Crippen LogP contribution in [0.2, 0.25) is 0 Å². The van der Waals surface area contributed by atoms with Crippen molar-refractivity contribution in [2.45, 2.75) is 6.92 Å². The summed E-state index contributed by atoms with van der Waals surface area (Å²) < 4.78 is 0. The zero-order valence-corrected chi connectivity index (χ0v) is 9.86. The van der Waals surface area contributed by atoms with Gasteiger partial charge in [0, 0.05) is 18.8 Å². The van der Waals surface area contributed by atoms with Crippen LogP contribution in [-0.2, 0) is 0 Å². The lowest BCUT2D eigenvalue weighted by Crippen LogP contribution is -2.30. The zero-order chi connectivity index (χ0) is 9.68. The maximum absolute atomic E-state index is 3.45. The van der Waals surface area contributed by atoms with Crippen LogP contribution in [-0.4, -0.2) is 50.1 Å². The molecule has 1 aliphatic rings. The molecule has 0 aromatic rings. The number of nitrogens with zero attached hydrogens (tertiary/aromatic N) is 1. The summed E-state index contributed by atoms with van der Waals surface area (Å²) in [5, 5.41) is 3.45. The van der Waals surface area contributed by atoms with E-state index in [1.54, 1.807) is 0 Å². The first kappa shape index (κ1) is 11.3. The predicted octanol–water partition coefficient (Wildman–Crippen LogP) is 1.14. The largest absolute Gasteiger partial charge is 0.316 e. The predicted molar refractivity (Wildman–Crippen MR) is 61.4 cm³/mol. The van der Waals surface area contributed by atoms with Gasteiger partial charge in [-0.2, -0.15) is 11.8 Å². The van der Waals surface area contributed by atoms with E-state index in [9.17, 15) is 0 Å². The van der Waals surface area contributed by atoms with Crippen LogP contribution in [0, 0.1) is 11.8 Å². The van der Waals surface area contributed by atoms with Gasteiger partial charge >= 0.3 is 0 Å². The van der Waals surface area contributed by atoms with Crippen LogP contribution in [0.1, 0.15) is 6.92 Å². The molecule has 0 bridgehead atoms. The van der Waals surface area contributed by atoms with Gasteiger partial charge in [-0.15, -0.1) is 0 Å². The van der Waals surface area contributed by atoms with Crippen molar-refractivity contribution < 1.29 is 0 Å². The molecule has 1 saturated heterocycles. The number of hydrogen-bond donors (Lipinski definition) is 1. The summed E-state index contributed by atoms with van der Waals surface area (Å²) >= 11 is 1.93. The second kappa shape index (κ2) is 5.89. The lowest BCUT2D eigenvalue weighted by molar-refractivity contribution is 0.271. The molecule has 1 fully saturated rings. The van der Waals surface area contributed by atoms with Crippen molar-refractivity contribution in [1.82, 2.24) is 10.2 Å². The highest BCUT2D eigenvalue weighted by molar-refractivity contribution is 7.98. The van der Waals surface area contributed by atoms with Crippen LogP contribution in [0.25, 0.3) is 0 Å². The number of rotatable bonds is 5. The van der Waals surface area contributed by atoms with E-state index < -0.39 is 0 Å². The molecule has 0 amide bonds. The molecule has 2 unspecified atom stereocenters. The Morgan fingerprint density at radius 2 is 2.23 bits per heavy atom. The molecule has 2 atom stereocenters. The molecule has 0 saturated carbocycles. The van der Waals surface area contributed by atoms with Crippen LogP contribution in [0.4, 0.5) is 0 Å². The molecule has 0 aromatic heterocycles. The molecular weight excluding hydrogens is 180 g/mol. The second-order valence-electron chi connectivity index (χ2n) is 4.15. The minimum Gasteiger partial charge on any atom is -0.316 e. The third-order valence-electron chi connectivity index (χ3n) is 2.90. The molecule has 1 heterocycles. The molecule has 0 spiro atoms. The van der Waals surface area contributed by atoms with Gasteiger partial charge in [0.15, 0.2) is 0 Å². The summed E-state index contributed by atoms with van der Waals surface area (Å²) in [6.45, 7) is 7.26. The first-order valence-electron chi connectivity index (χ1n) is 5.12. The summed E-state index contributed by atoms with van der Waals surface area (Å²) in [6.07, 6.45) is 2.17. The minimum absolute atomic E-state index is 0.858. The van der Waals surface area contributed by atoms with Crippen molar-refractivity contribution in [3.8, 4) is 0 Å². The Morgan fingerprint density at radius 3 is 2.77 bits per heavy atom. The number of nitrogens with one attached hydrogen (secondary N) is 1. The molecule has 1 rings (SSSR count). The SMILES string of the molecule is CSCCN(C)CC1CNCC1C. The van der Waals surface area contributed by atoms with E-state index >= 15 is 0 Å². The number of thioether (sulfide) groups is 1. The molecule has 13 heavy (non-hydrogen) atoms. The van der Waals surface area contributed by atoms with Gasteiger partial charge in [0.1, 0.15) is 0 Å². The van der Waals surface area contributed by atoms with E-state index in [-0.39, 0.29) is 0 Å². The van der Waals surface area contributed by atoms with Gasteiger partial charge in [-0.1, -0.05) is 6.92 Å². The monoisotopic (exact) mass is 202 g/mol. The van der Waals surface area contributed by atoms with Crippen LogP contribution >= 0.6 is 11.8 Å². The molecule has 1 N–H and O–H groups in total. The van der Waals surface area contributed by atoms with Gasteiger partial charge in [0.2, 0.25) is 0 Å². The van der Waals surface area contributed by atoms with E-state index in [1.807, 2.05) is 11.8 Å². The highest BCUT2D eigenvalue weighted by atomic mass is 32.2.